The number of hydrogen-bond acceptors (Lipinski definition) is 4. The molecule has 20 heavy (non-hydrogen) atoms. The van der Waals surface area contributed by atoms with Crippen LogP contribution in [0.1, 0.15) is 25.3 Å². The molecule has 0 radical (unpaired) electrons. The summed E-state index contributed by atoms with van der Waals surface area (Å²) in [4.78, 5) is 18.5. The quantitative estimate of drug-likeness (QED) is 0.908. The minimum atomic E-state index is -0.0387. The molecule has 1 aromatic rings. The zero-order chi connectivity index (χ0) is 14.5. The van der Waals surface area contributed by atoms with Crippen molar-refractivity contribution in [1.82, 2.24) is 10.3 Å². The first kappa shape index (κ1) is 14.8. The van der Waals surface area contributed by atoms with Gasteiger partial charge in [-0.2, -0.15) is 0 Å². The molecule has 2 rings (SSSR count). The van der Waals surface area contributed by atoms with E-state index in [0.29, 0.717) is 6.54 Å². The van der Waals surface area contributed by atoms with Gasteiger partial charge in [0.2, 0.25) is 5.91 Å². The fourth-order valence-corrected chi connectivity index (χ4v) is 2.55. The molecule has 1 aromatic heterocycles. The molecule has 0 aromatic carbocycles. The number of amides is 1. The maximum atomic E-state index is 12.2. The van der Waals surface area contributed by atoms with Gasteiger partial charge in [-0.25, -0.2) is 4.98 Å². The Balaban J connectivity index is 1.96. The molecule has 2 heterocycles. The monoisotopic (exact) mass is 277 g/mol. The van der Waals surface area contributed by atoms with Crippen LogP contribution in [0.15, 0.2) is 18.3 Å². The molecule has 0 saturated carbocycles. The molecule has 0 bridgehead atoms. The van der Waals surface area contributed by atoms with Crippen molar-refractivity contribution in [3.8, 4) is 0 Å². The Hall–Kier alpha value is -1.62. The van der Waals surface area contributed by atoms with Gasteiger partial charge in [-0.05, 0) is 25.8 Å². The smallest absolute Gasteiger partial charge is 0.225 e. The van der Waals surface area contributed by atoms with Crippen LogP contribution in [0.3, 0.4) is 0 Å². The molecular weight excluding hydrogens is 254 g/mol. The fourth-order valence-electron chi connectivity index (χ4n) is 2.55. The summed E-state index contributed by atoms with van der Waals surface area (Å²) >= 11 is 0. The van der Waals surface area contributed by atoms with Gasteiger partial charge < -0.3 is 15.0 Å². The molecule has 0 unspecified atom stereocenters. The van der Waals surface area contributed by atoms with E-state index in [4.69, 9.17) is 4.74 Å². The number of hydrogen-bond donors (Lipinski definition) is 1. The summed E-state index contributed by atoms with van der Waals surface area (Å²) in [5.41, 5.74) is 1.02. The Morgan fingerprint density at radius 2 is 2.35 bits per heavy atom. The standard InChI is InChI=1S/C15H23N3O2/c1-11-13(7-5-9-20-11)15(19)17-10-12-6-4-8-16-14(12)18(2)3/h4,6,8,11,13H,5,7,9-10H2,1-3H3,(H,17,19)/t11-,13-/m1/s1. The van der Waals surface area contributed by atoms with Crippen molar-refractivity contribution in [3.05, 3.63) is 23.9 Å². The number of ether oxygens (including phenoxy) is 1. The average Bonchev–Trinajstić information content (AvgIpc) is 2.45. The SMILES string of the molecule is C[C@H]1OCCC[C@H]1C(=O)NCc1cccnc1N(C)C. The van der Waals surface area contributed by atoms with Gasteiger partial charge in [0.1, 0.15) is 5.82 Å². The summed E-state index contributed by atoms with van der Waals surface area (Å²) < 4.78 is 5.54. The molecule has 1 aliphatic heterocycles. The second-order valence-corrected chi connectivity index (χ2v) is 5.42. The van der Waals surface area contributed by atoms with Crippen molar-refractivity contribution in [3.63, 3.8) is 0 Å². The zero-order valence-corrected chi connectivity index (χ0v) is 12.4. The molecule has 1 aliphatic rings. The number of anilines is 1. The van der Waals surface area contributed by atoms with Crippen molar-refractivity contribution in [1.29, 1.82) is 0 Å². The summed E-state index contributed by atoms with van der Waals surface area (Å²) in [6.45, 7) is 3.24. The minimum absolute atomic E-state index is 0.00553. The number of nitrogens with one attached hydrogen (secondary N) is 1. The number of carbonyl (C=O) groups excluding carboxylic acids is 1. The number of nitrogens with zero attached hydrogens (tertiary/aromatic N) is 2. The summed E-state index contributed by atoms with van der Waals surface area (Å²) in [5.74, 6) is 0.926. The summed E-state index contributed by atoms with van der Waals surface area (Å²) in [7, 11) is 3.90. The van der Waals surface area contributed by atoms with Crippen molar-refractivity contribution < 1.29 is 9.53 Å². The van der Waals surface area contributed by atoms with Crippen LogP contribution in [0.5, 0.6) is 0 Å². The van der Waals surface area contributed by atoms with E-state index in [0.717, 1.165) is 30.8 Å². The number of pyridine rings is 1. The lowest BCUT2D eigenvalue weighted by atomic mass is 9.94. The van der Waals surface area contributed by atoms with Crippen molar-refractivity contribution >= 4 is 11.7 Å². The van der Waals surface area contributed by atoms with Crippen LogP contribution >= 0.6 is 0 Å². The third-order valence-electron chi connectivity index (χ3n) is 3.69. The second-order valence-electron chi connectivity index (χ2n) is 5.42. The summed E-state index contributed by atoms with van der Waals surface area (Å²) in [6, 6.07) is 3.88. The molecule has 2 atom stereocenters. The highest BCUT2D eigenvalue weighted by molar-refractivity contribution is 5.79. The van der Waals surface area contributed by atoms with E-state index in [9.17, 15) is 4.79 Å². The van der Waals surface area contributed by atoms with Crippen LogP contribution in [0.4, 0.5) is 5.82 Å². The van der Waals surface area contributed by atoms with E-state index in [2.05, 4.69) is 10.3 Å². The molecule has 0 aliphatic carbocycles. The largest absolute Gasteiger partial charge is 0.378 e. The third-order valence-corrected chi connectivity index (χ3v) is 3.69. The van der Waals surface area contributed by atoms with E-state index in [-0.39, 0.29) is 17.9 Å². The van der Waals surface area contributed by atoms with Gasteiger partial charge in [-0.15, -0.1) is 0 Å². The number of aromatic nitrogens is 1. The number of carbonyl (C=O) groups is 1. The highest BCUT2D eigenvalue weighted by atomic mass is 16.5. The molecule has 1 N–H and O–H groups in total. The Bertz CT molecular complexity index is 462. The molecule has 1 saturated heterocycles. The zero-order valence-electron chi connectivity index (χ0n) is 12.4. The molecule has 110 valence electrons. The van der Waals surface area contributed by atoms with E-state index < -0.39 is 0 Å². The summed E-state index contributed by atoms with van der Waals surface area (Å²) in [5, 5.41) is 3.01. The average molecular weight is 277 g/mol. The predicted octanol–water partition coefficient (Wildman–Crippen LogP) is 1.58. The Labute approximate surface area is 120 Å². The second kappa shape index (κ2) is 6.70. The molecule has 5 nitrogen and oxygen atoms in total. The first-order valence-electron chi connectivity index (χ1n) is 7.10. The van der Waals surface area contributed by atoms with Crippen LogP contribution in [0, 0.1) is 5.92 Å². The first-order valence-corrected chi connectivity index (χ1v) is 7.10. The topological polar surface area (TPSA) is 54.5 Å². The molecule has 0 spiro atoms. The van der Waals surface area contributed by atoms with E-state index in [1.54, 1.807) is 6.20 Å². The van der Waals surface area contributed by atoms with Gasteiger partial charge in [0.25, 0.3) is 0 Å². The minimum Gasteiger partial charge on any atom is -0.378 e. The molecular formula is C15H23N3O2. The normalized spacial score (nSPS) is 22.4. The van der Waals surface area contributed by atoms with Gasteiger partial charge in [0.15, 0.2) is 0 Å². The van der Waals surface area contributed by atoms with Gasteiger partial charge in [-0.3, -0.25) is 4.79 Å². The molecule has 5 heteroatoms. The first-order chi connectivity index (χ1) is 9.59. The van der Waals surface area contributed by atoms with E-state index in [1.165, 1.54) is 0 Å². The van der Waals surface area contributed by atoms with Gasteiger partial charge in [-0.1, -0.05) is 6.07 Å². The van der Waals surface area contributed by atoms with E-state index in [1.807, 2.05) is 38.1 Å². The van der Waals surface area contributed by atoms with Crippen LogP contribution in [0.25, 0.3) is 0 Å². The van der Waals surface area contributed by atoms with Gasteiger partial charge >= 0.3 is 0 Å². The van der Waals surface area contributed by atoms with Crippen molar-refractivity contribution in [2.75, 3.05) is 25.6 Å². The summed E-state index contributed by atoms with van der Waals surface area (Å²) in [6.07, 6.45) is 3.63. The lowest BCUT2D eigenvalue weighted by molar-refractivity contribution is -0.133. The van der Waals surface area contributed by atoms with Crippen molar-refractivity contribution in [2.24, 2.45) is 5.92 Å². The molecule has 1 amide bonds. The fraction of sp³-hybridized carbons (Fsp3) is 0.600. The lowest BCUT2D eigenvalue weighted by Crippen LogP contribution is -2.40. The Kier molecular flexibility index (Phi) is 4.95. The predicted molar refractivity (Wildman–Crippen MR) is 78.5 cm³/mol. The maximum Gasteiger partial charge on any atom is 0.225 e. The van der Waals surface area contributed by atoms with Crippen LogP contribution < -0.4 is 10.2 Å². The van der Waals surface area contributed by atoms with Crippen molar-refractivity contribution in [2.45, 2.75) is 32.4 Å². The number of rotatable bonds is 4. The lowest BCUT2D eigenvalue weighted by Gasteiger charge is -2.28. The van der Waals surface area contributed by atoms with Gasteiger partial charge in [0.05, 0.1) is 12.0 Å². The van der Waals surface area contributed by atoms with Crippen LogP contribution in [0.2, 0.25) is 0 Å². The molecule has 1 fully saturated rings. The highest BCUT2D eigenvalue weighted by Gasteiger charge is 2.28. The van der Waals surface area contributed by atoms with Crippen LogP contribution in [-0.4, -0.2) is 37.7 Å². The van der Waals surface area contributed by atoms with Gasteiger partial charge in [0, 0.05) is 39.0 Å². The highest BCUT2D eigenvalue weighted by Crippen LogP contribution is 2.21. The maximum absolute atomic E-state index is 12.2. The Morgan fingerprint density at radius 1 is 1.55 bits per heavy atom. The Morgan fingerprint density at radius 3 is 3.05 bits per heavy atom. The van der Waals surface area contributed by atoms with E-state index >= 15 is 0 Å². The van der Waals surface area contributed by atoms with Crippen LogP contribution in [-0.2, 0) is 16.1 Å². The third kappa shape index (κ3) is 3.48.